The minimum absolute atomic E-state index is 0.0528. The topological polar surface area (TPSA) is 104 Å². The smallest absolute Gasteiger partial charge is 0.413 e. The van der Waals surface area contributed by atoms with Gasteiger partial charge >= 0.3 is 12.1 Å². The number of carbonyl (C=O) groups is 2. The number of nitrogens with one attached hydrogen (secondary N) is 1. The predicted molar refractivity (Wildman–Crippen MR) is 121 cm³/mol. The van der Waals surface area contributed by atoms with E-state index in [1.54, 1.807) is 0 Å². The first-order chi connectivity index (χ1) is 17.1. The molecule has 0 saturated carbocycles. The van der Waals surface area contributed by atoms with Crippen molar-refractivity contribution in [3.8, 4) is 11.5 Å². The molecule has 2 saturated heterocycles. The number of fused-ring (bicyclic) bond motifs is 1. The van der Waals surface area contributed by atoms with E-state index in [9.17, 15) is 22.8 Å². The first-order valence-electron chi connectivity index (χ1n) is 11.6. The van der Waals surface area contributed by atoms with E-state index >= 15 is 0 Å². The number of imide groups is 1. The van der Waals surface area contributed by atoms with Gasteiger partial charge in [0.05, 0.1) is 29.1 Å². The van der Waals surface area contributed by atoms with E-state index in [2.05, 4.69) is 29.8 Å². The number of rotatable bonds is 4. The molecule has 190 valence electrons. The molecule has 36 heavy (non-hydrogen) atoms. The van der Waals surface area contributed by atoms with Crippen LogP contribution in [-0.4, -0.2) is 63.0 Å². The second kappa shape index (κ2) is 8.84. The molecule has 5 rings (SSSR count). The number of likely N-dealkylation sites (tertiary alicyclic amines) is 1. The summed E-state index contributed by atoms with van der Waals surface area (Å²) in [6.45, 7) is 7.04. The standard InChI is InChI=1S/C24H25F3N6O3/c1-23(2)18-6-5-16(32-9-7-28-8-10-32)11-17(18)20(34)33(22(23)35)13-15-4-3-14(12-29-15)19-30-31-21(36-19)24(25,26)27/h3-6,11-12,17-18,28H,7-10,13H2,1-2H3. The summed E-state index contributed by atoms with van der Waals surface area (Å²) < 4.78 is 42.9. The Kier molecular flexibility index (Phi) is 5.93. The fourth-order valence-electron chi connectivity index (χ4n) is 4.89. The zero-order valence-corrected chi connectivity index (χ0v) is 19.7. The Balaban J connectivity index is 1.36. The summed E-state index contributed by atoms with van der Waals surface area (Å²) in [5.74, 6) is -3.09. The van der Waals surface area contributed by atoms with Gasteiger partial charge in [-0.15, -0.1) is 10.2 Å². The van der Waals surface area contributed by atoms with Gasteiger partial charge in [-0.1, -0.05) is 19.9 Å². The molecule has 0 aromatic carbocycles. The van der Waals surface area contributed by atoms with E-state index < -0.39 is 23.4 Å². The van der Waals surface area contributed by atoms with Crippen molar-refractivity contribution >= 4 is 11.8 Å². The number of nitrogens with zero attached hydrogens (tertiary/aromatic N) is 5. The van der Waals surface area contributed by atoms with Gasteiger partial charge in [-0.3, -0.25) is 19.5 Å². The van der Waals surface area contributed by atoms with Gasteiger partial charge in [0, 0.05) is 44.0 Å². The summed E-state index contributed by atoms with van der Waals surface area (Å²) in [5.41, 5.74) is 0.775. The summed E-state index contributed by atoms with van der Waals surface area (Å²) >= 11 is 0. The number of halogens is 3. The summed E-state index contributed by atoms with van der Waals surface area (Å²) in [4.78, 5) is 34.5. The molecule has 2 fully saturated rings. The number of hydrogen-bond donors (Lipinski definition) is 1. The third kappa shape index (κ3) is 4.29. The highest BCUT2D eigenvalue weighted by Crippen LogP contribution is 2.44. The van der Waals surface area contributed by atoms with Crippen molar-refractivity contribution in [2.75, 3.05) is 26.2 Å². The van der Waals surface area contributed by atoms with Gasteiger partial charge in [0.2, 0.25) is 17.7 Å². The van der Waals surface area contributed by atoms with Crippen molar-refractivity contribution in [1.29, 1.82) is 0 Å². The maximum Gasteiger partial charge on any atom is 0.470 e. The number of carbonyl (C=O) groups excluding carboxylic acids is 2. The third-order valence-corrected chi connectivity index (χ3v) is 6.93. The summed E-state index contributed by atoms with van der Waals surface area (Å²) in [7, 11) is 0. The minimum Gasteiger partial charge on any atom is -0.413 e. The Morgan fingerprint density at radius 2 is 1.92 bits per heavy atom. The molecule has 2 unspecified atom stereocenters. The SMILES string of the molecule is CC1(C)C(=O)N(Cc2ccc(-c3nnc(C(F)(F)F)o3)cn2)C(=O)C2C=C(N3CCNCC3)C=CC21. The van der Waals surface area contributed by atoms with Crippen LogP contribution in [0.5, 0.6) is 0 Å². The Morgan fingerprint density at radius 1 is 1.17 bits per heavy atom. The van der Waals surface area contributed by atoms with Crippen molar-refractivity contribution in [3.05, 3.63) is 53.8 Å². The van der Waals surface area contributed by atoms with E-state index in [0.29, 0.717) is 5.69 Å². The average Bonchev–Trinajstić information content (AvgIpc) is 3.37. The molecule has 9 nitrogen and oxygen atoms in total. The molecule has 3 aliphatic rings. The molecule has 2 aromatic heterocycles. The van der Waals surface area contributed by atoms with Crippen LogP contribution in [0.2, 0.25) is 0 Å². The molecule has 2 aromatic rings. The van der Waals surface area contributed by atoms with Gasteiger partial charge in [-0.25, -0.2) is 0 Å². The number of allylic oxidation sites excluding steroid dienone is 2. The van der Waals surface area contributed by atoms with Gasteiger partial charge in [0.1, 0.15) is 0 Å². The number of piperazine rings is 1. The van der Waals surface area contributed by atoms with Crippen molar-refractivity contribution in [1.82, 2.24) is 30.3 Å². The van der Waals surface area contributed by atoms with Crippen LogP contribution in [-0.2, 0) is 22.3 Å². The molecule has 0 bridgehead atoms. The van der Waals surface area contributed by atoms with E-state index in [4.69, 9.17) is 0 Å². The predicted octanol–water partition coefficient (Wildman–Crippen LogP) is 2.64. The molecule has 2 amide bonds. The van der Waals surface area contributed by atoms with Crippen LogP contribution in [0.25, 0.3) is 11.5 Å². The van der Waals surface area contributed by atoms with E-state index in [1.807, 2.05) is 32.1 Å². The maximum atomic E-state index is 13.5. The molecule has 12 heteroatoms. The number of pyridine rings is 1. The van der Waals surface area contributed by atoms with Gasteiger partial charge in [-0.2, -0.15) is 13.2 Å². The number of piperidine rings is 1. The lowest BCUT2D eigenvalue weighted by atomic mass is 9.65. The van der Waals surface area contributed by atoms with E-state index in [0.717, 1.165) is 31.9 Å². The molecular formula is C24H25F3N6O3. The van der Waals surface area contributed by atoms with Crippen LogP contribution < -0.4 is 5.32 Å². The van der Waals surface area contributed by atoms with Crippen molar-refractivity contribution in [2.24, 2.45) is 17.3 Å². The number of amides is 2. The second-order valence-electron chi connectivity index (χ2n) is 9.64. The quantitative estimate of drug-likeness (QED) is 0.637. The summed E-state index contributed by atoms with van der Waals surface area (Å²) in [6, 6.07) is 2.99. The fraction of sp³-hybridized carbons (Fsp3) is 0.458. The van der Waals surface area contributed by atoms with Crippen LogP contribution in [0.1, 0.15) is 25.4 Å². The minimum atomic E-state index is -4.74. The highest BCUT2D eigenvalue weighted by atomic mass is 19.4. The van der Waals surface area contributed by atoms with Crippen molar-refractivity contribution < 1.29 is 27.2 Å². The first kappa shape index (κ1) is 24.2. The lowest BCUT2D eigenvalue weighted by Gasteiger charge is -2.46. The fourth-order valence-corrected chi connectivity index (χ4v) is 4.89. The molecular weight excluding hydrogens is 477 g/mol. The van der Waals surface area contributed by atoms with Crippen LogP contribution >= 0.6 is 0 Å². The van der Waals surface area contributed by atoms with Gasteiger partial charge in [0.15, 0.2) is 0 Å². The molecule has 2 aliphatic heterocycles. The van der Waals surface area contributed by atoms with E-state index in [1.165, 1.54) is 23.2 Å². The lowest BCUT2D eigenvalue weighted by molar-refractivity contribution is -0.163. The second-order valence-corrected chi connectivity index (χ2v) is 9.64. The molecule has 0 radical (unpaired) electrons. The van der Waals surface area contributed by atoms with Crippen LogP contribution in [0.15, 0.2) is 46.7 Å². The van der Waals surface area contributed by atoms with Gasteiger partial charge in [0.25, 0.3) is 0 Å². The Hall–Kier alpha value is -3.54. The van der Waals surface area contributed by atoms with Crippen LogP contribution in [0.3, 0.4) is 0 Å². The van der Waals surface area contributed by atoms with Crippen molar-refractivity contribution in [2.45, 2.75) is 26.6 Å². The number of hydrogen-bond acceptors (Lipinski definition) is 8. The highest BCUT2D eigenvalue weighted by Gasteiger charge is 2.52. The first-order valence-corrected chi connectivity index (χ1v) is 11.6. The number of aromatic nitrogens is 3. The third-order valence-electron chi connectivity index (χ3n) is 6.93. The van der Waals surface area contributed by atoms with E-state index in [-0.39, 0.29) is 35.7 Å². The van der Waals surface area contributed by atoms with Crippen molar-refractivity contribution in [3.63, 3.8) is 0 Å². The molecule has 1 N–H and O–H groups in total. The summed E-state index contributed by atoms with van der Waals surface area (Å²) in [6.07, 6.45) is 2.48. The zero-order valence-electron chi connectivity index (χ0n) is 19.7. The molecule has 4 heterocycles. The largest absolute Gasteiger partial charge is 0.470 e. The van der Waals surface area contributed by atoms with Gasteiger partial charge in [-0.05, 0) is 24.3 Å². The monoisotopic (exact) mass is 502 g/mol. The Labute approximate surface area is 205 Å². The highest BCUT2D eigenvalue weighted by molar-refractivity contribution is 6.03. The molecule has 1 aliphatic carbocycles. The zero-order chi connectivity index (χ0) is 25.7. The lowest BCUT2D eigenvalue weighted by Crippen LogP contribution is -2.57. The summed E-state index contributed by atoms with van der Waals surface area (Å²) in [5, 5.41) is 9.74. The normalized spacial score (nSPS) is 24.1. The average molecular weight is 502 g/mol. The molecule has 2 atom stereocenters. The van der Waals surface area contributed by atoms with Crippen LogP contribution in [0, 0.1) is 17.3 Å². The Morgan fingerprint density at radius 3 is 2.56 bits per heavy atom. The number of alkyl halides is 3. The maximum absolute atomic E-state index is 13.5. The van der Waals surface area contributed by atoms with Crippen LogP contribution in [0.4, 0.5) is 13.2 Å². The Bertz CT molecular complexity index is 1230. The van der Waals surface area contributed by atoms with Gasteiger partial charge < -0.3 is 14.6 Å². The molecule has 0 spiro atoms.